The molecule has 85 heavy (non-hydrogen) atoms. The maximum atomic E-state index is 13.2. The van der Waals surface area contributed by atoms with Crippen molar-refractivity contribution in [2.75, 3.05) is 19.8 Å². The van der Waals surface area contributed by atoms with E-state index >= 15 is 0 Å². The van der Waals surface area contributed by atoms with Gasteiger partial charge in [-0.05, 0) is 61.7 Å². The van der Waals surface area contributed by atoms with Crippen molar-refractivity contribution in [3.63, 3.8) is 0 Å². The van der Waals surface area contributed by atoms with Crippen LogP contribution in [0.3, 0.4) is 0 Å². The van der Waals surface area contributed by atoms with E-state index in [0.29, 0.717) is 25.7 Å². The molecular weight excluding hydrogens is 1120 g/mol. The highest BCUT2D eigenvalue weighted by molar-refractivity contribution is 5.70. The van der Waals surface area contributed by atoms with Crippen molar-refractivity contribution < 1.29 is 124 Å². The number of fused-ring (bicyclic) bond motifs is 7. The number of carbonyl (C=O) groups excluding carboxylic acids is 8. The van der Waals surface area contributed by atoms with Crippen molar-refractivity contribution in [3.05, 3.63) is 11.6 Å². The maximum Gasteiger partial charge on any atom is 0.303 e. The molecule has 9 aliphatic rings. The second kappa shape index (κ2) is 25.3. The van der Waals surface area contributed by atoms with Crippen molar-refractivity contribution in [1.29, 1.82) is 0 Å². The number of hydrogen-bond acceptors (Lipinski definition) is 26. The fourth-order valence-corrected chi connectivity index (χ4v) is 16.2. The second-order valence-electron chi connectivity index (χ2n) is 25.1. The lowest BCUT2D eigenvalue weighted by molar-refractivity contribution is -0.383. The van der Waals surface area contributed by atoms with Gasteiger partial charge in [-0.25, -0.2) is 0 Å². The molecule has 5 aliphatic heterocycles. The Morgan fingerprint density at radius 1 is 0.565 bits per heavy atom. The van der Waals surface area contributed by atoms with E-state index in [1.165, 1.54) is 13.8 Å². The molecule has 0 unspecified atom stereocenters. The fourth-order valence-electron chi connectivity index (χ4n) is 16.2. The van der Waals surface area contributed by atoms with E-state index in [1.54, 1.807) is 0 Å². The predicted molar refractivity (Wildman–Crippen MR) is 283 cm³/mol. The standard InChI is InChI=1S/C59H84O26/c1-24-21-72-59(53(69)45(24)68)25(2)44-40(85-59)20-39-37-15-14-35-18-36(74-27(4)60)19-43(58(35,13)38(37)16-17-57(39,44)12)82-54-51(84-56-52(81-34(11)67)49(79-32(9)65)46(26(3)73-56)77-30(7)63)48(42(23-70-54)76-29(6)62)83-55-50(80-33(10)66)47(78-31(8)64)41(22-71-55)75-28(5)61/h14,24-26,36-56,68-69H,15-23H2,1-13H3/t24-,25-,26-,36+,37+,38-,39-,40-,41+,42-,43+,44-,45-,46-,47-,48-,49+,50+,51+,52+,53-,54-,55-,56-,57-,58-,59-/m0/s1. The van der Waals surface area contributed by atoms with Crippen molar-refractivity contribution in [2.45, 2.75) is 245 Å². The van der Waals surface area contributed by atoms with Crippen LogP contribution >= 0.6 is 0 Å². The number of allylic oxidation sites excluding steroid dienone is 1. The smallest absolute Gasteiger partial charge is 0.303 e. The summed E-state index contributed by atoms with van der Waals surface area (Å²) in [5, 5.41) is 22.7. The van der Waals surface area contributed by atoms with Gasteiger partial charge in [0.05, 0.1) is 44.2 Å². The Bertz CT molecular complexity index is 2570. The average molecular weight is 1210 g/mol. The summed E-state index contributed by atoms with van der Waals surface area (Å²) in [4.78, 5) is 103. The summed E-state index contributed by atoms with van der Waals surface area (Å²) in [6.07, 6.45) is -18.6. The molecule has 0 aromatic rings. The number of carbonyl (C=O) groups is 8. The molecule has 0 aromatic carbocycles. The van der Waals surface area contributed by atoms with Crippen LogP contribution < -0.4 is 0 Å². The third kappa shape index (κ3) is 12.6. The largest absolute Gasteiger partial charge is 0.462 e. The summed E-state index contributed by atoms with van der Waals surface area (Å²) in [7, 11) is 0. The molecule has 9 rings (SSSR count). The molecule has 27 atom stereocenters. The molecule has 5 heterocycles. The summed E-state index contributed by atoms with van der Waals surface area (Å²) in [5.74, 6) is -8.15. The molecule has 0 aromatic heterocycles. The van der Waals surface area contributed by atoms with Crippen LogP contribution in [0, 0.1) is 46.3 Å². The van der Waals surface area contributed by atoms with Gasteiger partial charge in [-0.15, -0.1) is 0 Å². The van der Waals surface area contributed by atoms with E-state index in [1.807, 2.05) is 6.92 Å². The summed E-state index contributed by atoms with van der Waals surface area (Å²) in [6.45, 7) is 18.2. The van der Waals surface area contributed by atoms with Gasteiger partial charge in [0.25, 0.3) is 0 Å². The van der Waals surface area contributed by atoms with E-state index in [9.17, 15) is 48.6 Å². The minimum Gasteiger partial charge on any atom is -0.462 e. The van der Waals surface area contributed by atoms with Crippen molar-refractivity contribution >= 4 is 47.8 Å². The first-order valence-corrected chi connectivity index (χ1v) is 29.6. The van der Waals surface area contributed by atoms with Crippen molar-refractivity contribution in [1.82, 2.24) is 0 Å². The molecule has 0 bridgehead atoms. The molecule has 1 spiro atoms. The maximum absolute atomic E-state index is 13.2. The van der Waals surface area contributed by atoms with Crippen LogP contribution in [0.4, 0.5) is 0 Å². The highest BCUT2D eigenvalue weighted by Gasteiger charge is 2.72. The molecule has 476 valence electrons. The minimum atomic E-state index is -1.77. The predicted octanol–water partition coefficient (Wildman–Crippen LogP) is 2.97. The van der Waals surface area contributed by atoms with Gasteiger partial charge in [-0.1, -0.05) is 39.3 Å². The van der Waals surface area contributed by atoms with Crippen LogP contribution in [-0.2, 0) is 114 Å². The lowest BCUT2D eigenvalue weighted by atomic mass is 9.46. The Kier molecular flexibility index (Phi) is 19.2. The number of ether oxygens (including phenoxy) is 16. The van der Waals surface area contributed by atoms with Gasteiger partial charge >= 0.3 is 47.8 Å². The number of aliphatic hydroxyl groups excluding tert-OH is 2. The summed E-state index contributed by atoms with van der Waals surface area (Å²) < 4.78 is 99.6. The number of aliphatic hydroxyl groups is 2. The van der Waals surface area contributed by atoms with E-state index < -0.39 is 176 Å². The fraction of sp³-hybridized carbons (Fsp3) is 0.831. The molecule has 0 radical (unpaired) electrons. The Balaban J connectivity index is 1.12. The van der Waals surface area contributed by atoms with Crippen LogP contribution in [-0.4, -0.2) is 194 Å². The van der Waals surface area contributed by atoms with Crippen LogP contribution in [0.15, 0.2) is 11.6 Å². The van der Waals surface area contributed by atoms with Crippen LogP contribution in [0.25, 0.3) is 0 Å². The SMILES string of the molecule is CC(=O)O[C@@H]1CC2=CC[C@H]3[C@@H]4C[C@@H]5O[C@@]6(OC[C@H](C)[C@H](O)[C@@H]6O)[C@@H](C)[C@@H]5[C@@]4(C)CC[C@@H]3[C@@]2(C)[C@H](O[C@@H]2OC[C@H](OC(C)=O)[C@H](O[C@@H]3OC[C@@H](OC(C)=O)[C@H](OC(C)=O)[C@H]3OC(C)=O)[C@H]2O[C@@H]2O[C@@H](C)[C@H](OC(C)=O)[C@@H](OC(C)=O)[C@H]2OC(C)=O)C1. The van der Waals surface area contributed by atoms with Gasteiger partial charge in [0.2, 0.25) is 0 Å². The van der Waals surface area contributed by atoms with Crippen molar-refractivity contribution in [3.8, 4) is 0 Å². The first-order valence-electron chi connectivity index (χ1n) is 29.6. The summed E-state index contributed by atoms with van der Waals surface area (Å²) in [6, 6.07) is 0. The zero-order chi connectivity index (χ0) is 61.9. The molecule has 2 N–H and O–H groups in total. The van der Waals surface area contributed by atoms with E-state index in [-0.39, 0.29) is 60.1 Å². The normalized spacial score (nSPS) is 45.4. The van der Waals surface area contributed by atoms with Gasteiger partial charge in [0.15, 0.2) is 67.4 Å². The molecule has 26 heteroatoms. The van der Waals surface area contributed by atoms with Gasteiger partial charge in [0.1, 0.15) is 24.4 Å². The summed E-state index contributed by atoms with van der Waals surface area (Å²) in [5.41, 5.74) is -0.0939. The molecule has 5 saturated heterocycles. The molecule has 0 amide bonds. The van der Waals surface area contributed by atoms with Crippen LogP contribution in [0.5, 0.6) is 0 Å². The van der Waals surface area contributed by atoms with E-state index in [4.69, 9.17) is 75.8 Å². The lowest BCUT2D eigenvalue weighted by Crippen LogP contribution is -2.67. The Morgan fingerprint density at radius 2 is 1.08 bits per heavy atom. The monoisotopic (exact) mass is 1210 g/mol. The summed E-state index contributed by atoms with van der Waals surface area (Å²) >= 11 is 0. The zero-order valence-corrected chi connectivity index (χ0v) is 50.5. The molecular formula is C59H84O26. The highest BCUT2D eigenvalue weighted by atomic mass is 16.8. The number of hydrogen-bond donors (Lipinski definition) is 2. The second-order valence-corrected chi connectivity index (χ2v) is 25.1. The first-order chi connectivity index (χ1) is 40.0. The Morgan fingerprint density at radius 3 is 1.67 bits per heavy atom. The molecule has 4 aliphatic carbocycles. The zero-order valence-electron chi connectivity index (χ0n) is 50.5. The van der Waals surface area contributed by atoms with E-state index in [0.717, 1.165) is 60.5 Å². The topological polar surface area (TPSA) is 325 Å². The van der Waals surface area contributed by atoms with Crippen molar-refractivity contribution in [2.24, 2.45) is 46.3 Å². The van der Waals surface area contributed by atoms with Gasteiger partial charge in [-0.2, -0.15) is 0 Å². The third-order valence-electron chi connectivity index (χ3n) is 19.5. The molecule has 26 nitrogen and oxygen atoms in total. The number of rotatable bonds is 14. The van der Waals surface area contributed by atoms with Crippen LogP contribution in [0.2, 0.25) is 0 Å². The number of esters is 8. The Labute approximate surface area is 493 Å². The van der Waals surface area contributed by atoms with E-state index in [2.05, 4.69) is 26.8 Å². The quantitative estimate of drug-likeness (QED) is 0.143. The minimum absolute atomic E-state index is 0.00926. The third-order valence-corrected chi connectivity index (χ3v) is 19.5. The van der Waals surface area contributed by atoms with Gasteiger partial charge in [-0.3, -0.25) is 38.4 Å². The molecule has 8 fully saturated rings. The van der Waals surface area contributed by atoms with Crippen LogP contribution in [0.1, 0.15) is 129 Å². The Hall–Kier alpha value is -4.90. The molecule has 3 saturated carbocycles. The highest BCUT2D eigenvalue weighted by Crippen LogP contribution is 2.71. The van der Waals surface area contributed by atoms with Gasteiger partial charge in [0, 0.05) is 85.5 Å². The average Bonchev–Trinajstić information content (AvgIpc) is 1.62. The lowest BCUT2D eigenvalue weighted by Gasteiger charge is -2.61. The van der Waals surface area contributed by atoms with Gasteiger partial charge < -0.3 is 86.0 Å². The first kappa shape index (κ1) is 64.6.